The molecule has 0 spiro atoms. The molecule has 2 rings (SSSR count). The SMILES string of the molecule is CCN(c1ccc(C(=N)N)c(Br)c1)C1CCCC1. The molecule has 0 aliphatic heterocycles. The molecule has 1 aromatic carbocycles. The van der Waals surface area contributed by atoms with E-state index in [1.165, 1.54) is 31.4 Å². The predicted molar refractivity (Wildman–Crippen MR) is 80.4 cm³/mol. The van der Waals surface area contributed by atoms with Gasteiger partial charge >= 0.3 is 0 Å². The van der Waals surface area contributed by atoms with Crippen molar-refractivity contribution in [1.82, 2.24) is 0 Å². The molecule has 4 heteroatoms. The summed E-state index contributed by atoms with van der Waals surface area (Å²) in [6.07, 6.45) is 5.27. The number of nitrogens with zero attached hydrogens (tertiary/aromatic N) is 1. The van der Waals surface area contributed by atoms with E-state index < -0.39 is 0 Å². The van der Waals surface area contributed by atoms with Gasteiger partial charge in [0.2, 0.25) is 0 Å². The van der Waals surface area contributed by atoms with Gasteiger partial charge in [-0.05, 0) is 53.9 Å². The summed E-state index contributed by atoms with van der Waals surface area (Å²) in [7, 11) is 0. The third kappa shape index (κ3) is 2.69. The van der Waals surface area contributed by atoms with Gasteiger partial charge in [-0.3, -0.25) is 5.41 Å². The molecule has 0 radical (unpaired) electrons. The molecular formula is C14H20BrN3. The van der Waals surface area contributed by atoms with Crippen molar-refractivity contribution in [1.29, 1.82) is 5.41 Å². The number of nitrogens with two attached hydrogens (primary N) is 1. The fraction of sp³-hybridized carbons (Fsp3) is 0.500. The Morgan fingerprint density at radius 1 is 1.44 bits per heavy atom. The van der Waals surface area contributed by atoms with Crippen LogP contribution in [-0.2, 0) is 0 Å². The van der Waals surface area contributed by atoms with Crippen molar-refractivity contribution in [3.05, 3.63) is 28.2 Å². The Morgan fingerprint density at radius 2 is 2.11 bits per heavy atom. The number of benzene rings is 1. The molecule has 3 nitrogen and oxygen atoms in total. The van der Waals surface area contributed by atoms with Gasteiger partial charge in [-0.25, -0.2) is 0 Å². The molecule has 0 amide bonds. The fourth-order valence-electron chi connectivity index (χ4n) is 2.77. The van der Waals surface area contributed by atoms with Gasteiger partial charge in [0.05, 0.1) is 0 Å². The van der Waals surface area contributed by atoms with Gasteiger partial charge in [0.25, 0.3) is 0 Å². The van der Waals surface area contributed by atoms with Gasteiger partial charge in [-0.1, -0.05) is 12.8 Å². The molecule has 0 saturated heterocycles. The first-order valence-corrected chi connectivity index (χ1v) is 7.33. The van der Waals surface area contributed by atoms with Gasteiger partial charge in [-0.15, -0.1) is 0 Å². The second-order valence-electron chi connectivity index (χ2n) is 4.80. The number of rotatable bonds is 4. The third-order valence-electron chi connectivity index (χ3n) is 3.68. The fourth-order valence-corrected chi connectivity index (χ4v) is 3.35. The largest absolute Gasteiger partial charge is 0.384 e. The molecule has 3 N–H and O–H groups in total. The Balaban J connectivity index is 2.26. The molecule has 1 aromatic rings. The topological polar surface area (TPSA) is 53.1 Å². The average molecular weight is 310 g/mol. The second kappa shape index (κ2) is 5.74. The molecule has 0 atom stereocenters. The molecule has 0 bridgehead atoms. The summed E-state index contributed by atoms with van der Waals surface area (Å²) in [6.45, 7) is 3.22. The van der Waals surface area contributed by atoms with Gasteiger partial charge in [-0.2, -0.15) is 0 Å². The number of nitrogen functional groups attached to an aromatic ring is 1. The van der Waals surface area contributed by atoms with E-state index in [2.05, 4.69) is 39.9 Å². The van der Waals surface area contributed by atoms with Crippen LogP contribution in [0.1, 0.15) is 38.2 Å². The van der Waals surface area contributed by atoms with Crippen LogP contribution in [0.15, 0.2) is 22.7 Å². The van der Waals surface area contributed by atoms with E-state index in [-0.39, 0.29) is 5.84 Å². The van der Waals surface area contributed by atoms with Crippen LogP contribution >= 0.6 is 15.9 Å². The highest BCUT2D eigenvalue weighted by Gasteiger charge is 2.22. The van der Waals surface area contributed by atoms with Crippen molar-refractivity contribution in [2.45, 2.75) is 38.6 Å². The lowest BCUT2D eigenvalue weighted by atomic mass is 10.1. The average Bonchev–Trinajstić information content (AvgIpc) is 2.83. The number of halogens is 1. The van der Waals surface area contributed by atoms with Crippen molar-refractivity contribution < 1.29 is 0 Å². The zero-order valence-electron chi connectivity index (χ0n) is 10.7. The zero-order chi connectivity index (χ0) is 13.1. The second-order valence-corrected chi connectivity index (χ2v) is 5.66. The Morgan fingerprint density at radius 3 is 2.61 bits per heavy atom. The predicted octanol–water partition coefficient (Wildman–Crippen LogP) is 3.50. The molecule has 1 fully saturated rings. The van der Waals surface area contributed by atoms with Crippen LogP contribution in [0.2, 0.25) is 0 Å². The summed E-state index contributed by atoms with van der Waals surface area (Å²) in [6, 6.07) is 6.76. The third-order valence-corrected chi connectivity index (χ3v) is 4.34. The van der Waals surface area contributed by atoms with Crippen molar-refractivity contribution in [2.24, 2.45) is 5.73 Å². The maximum Gasteiger partial charge on any atom is 0.123 e. The minimum Gasteiger partial charge on any atom is -0.384 e. The van der Waals surface area contributed by atoms with Crippen molar-refractivity contribution >= 4 is 27.5 Å². The van der Waals surface area contributed by atoms with E-state index in [1.807, 2.05) is 6.07 Å². The number of amidine groups is 1. The first-order chi connectivity index (χ1) is 8.63. The number of nitrogens with one attached hydrogen (secondary N) is 1. The highest BCUT2D eigenvalue weighted by Crippen LogP contribution is 2.30. The van der Waals surface area contributed by atoms with Gasteiger partial charge < -0.3 is 10.6 Å². The maximum atomic E-state index is 7.50. The van der Waals surface area contributed by atoms with E-state index in [9.17, 15) is 0 Å². The van der Waals surface area contributed by atoms with E-state index in [4.69, 9.17) is 11.1 Å². The van der Waals surface area contributed by atoms with Crippen LogP contribution in [0.5, 0.6) is 0 Å². The Bertz CT molecular complexity index is 439. The smallest absolute Gasteiger partial charge is 0.123 e. The maximum absolute atomic E-state index is 7.50. The van der Waals surface area contributed by atoms with Gasteiger partial charge in [0.1, 0.15) is 5.84 Å². The van der Waals surface area contributed by atoms with E-state index >= 15 is 0 Å². The highest BCUT2D eigenvalue weighted by molar-refractivity contribution is 9.10. The molecule has 0 unspecified atom stereocenters. The molecule has 18 heavy (non-hydrogen) atoms. The minimum absolute atomic E-state index is 0.109. The monoisotopic (exact) mass is 309 g/mol. The summed E-state index contributed by atoms with van der Waals surface area (Å²) in [4.78, 5) is 2.46. The highest BCUT2D eigenvalue weighted by atomic mass is 79.9. The Kier molecular flexibility index (Phi) is 4.27. The normalized spacial score (nSPS) is 15.9. The molecule has 1 aliphatic rings. The molecular weight excluding hydrogens is 290 g/mol. The lowest BCUT2D eigenvalue weighted by Gasteiger charge is -2.30. The minimum atomic E-state index is 0.109. The number of hydrogen-bond donors (Lipinski definition) is 2. The summed E-state index contributed by atoms with van der Waals surface area (Å²) in [5.41, 5.74) is 7.52. The molecule has 0 aromatic heterocycles. The van der Waals surface area contributed by atoms with Crippen LogP contribution in [-0.4, -0.2) is 18.4 Å². The summed E-state index contributed by atoms with van der Waals surface area (Å²) >= 11 is 3.51. The first kappa shape index (κ1) is 13.4. The van der Waals surface area contributed by atoms with Crippen LogP contribution in [0.25, 0.3) is 0 Å². The molecule has 1 saturated carbocycles. The van der Waals surface area contributed by atoms with E-state index in [1.54, 1.807) is 0 Å². The van der Waals surface area contributed by atoms with Gasteiger partial charge in [0, 0.05) is 28.3 Å². The Labute approximate surface area is 117 Å². The van der Waals surface area contributed by atoms with Crippen molar-refractivity contribution in [3.63, 3.8) is 0 Å². The summed E-state index contributed by atoms with van der Waals surface area (Å²) < 4.78 is 0.906. The van der Waals surface area contributed by atoms with Gasteiger partial charge in [0.15, 0.2) is 0 Å². The molecule has 98 valence electrons. The molecule has 0 heterocycles. The quantitative estimate of drug-likeness (QED) is 0.660. The Hall–Kier alpha value is -1.03. The zero-order valence-corrected chi connectivity index (χ0v) is 12.3. The van der Waals surface area contributed by atoms with E-state index in [0.717, 1.165) is 16.6 Å². The van der Waals surface area contributed by atoms with Crippen LogP contribution in [0, 0.1) is 5.41 Å². The lowest BCUT2D eigenvalue weighted by Crippen LogP contribution is -2.33. The number of anilines is 1. The van der Waals surface area contributed by atoms with Crippen molar-refractivity contribution in [2.75, 3.05) is 11.4 Å². The standard InChI is InChI=1S/C14H20BrN3/c1-2-18(10-5-3-4-6-10)11-7-8-12(14(16)17)13(15)9-11/h7-10H,2-6H2,1H3,(H3,16,17). The van der Waals surface area contributed by atoms with Crippen LogP contribution in [0.4, 0.5) is 5.69 Å². The molecule has 1 aliphatic carbocycles. The summed E-state index contributed by atoms with van der Waals surface area (Å²) in [5.74, 6) is 0.109. The summed E-state index contributed by atoms with van der Waals surface area (Å²) in [5, 5.41) is 7.50. The first-order valence-electron chi connectivity index (χ1n) is 6.54. The van der Waals surface area contributed by atoms with E-state index in [0.29, 0.717) is 6.04 Å². The number of hydrogen-bond acceptors (Lipinski definition) is 2. The van der Waals surface area contributed by atoms with Crippen LogP contribution in [0.3, 0.4) is 0 Å². The lowest BCUT2D eigenvalue weighted by molar-refractivity contribution is 0.620. The van der Waals surface area contributed by atoms with Crippen LogP contribution < -0.4 is 10.6 Å². The van der Waals surface area contributed by atoms with Crippen molar-refractivity contribution in [3.8, 4) is 0 Å².